The molecule has 0 aliphatic carbocycles. The van der Waals surface area contributed by atoms with Crippen LogP contribution in [0.2, 0.25) is 10.0 Å². The Hall–Kier alpha value is -1.01. The number of halogens is 3. The van der Waals surface area contributed by atoms with E-state index in [-0.39, 0.29) is 30.3 Å². The van der Waals surface area contributed by atoms with Gasteiger partial charge in [0.15, 0.2) is 0 Å². The largest absolute Gasteiger partial charge is 0.338 e. The van der Waals surface area contributed by atoms with Gasteiger partial charge >= 0.3 is 0 Å². The first-order valence-electron chi connectivity index (χ1n) is 8.30. The lowest BCUT2D eigenvalue weighted by molar-refractivity contribution is -0.142. The molecule has 1 aromatic rings. The predicted octanol–water partition coefficient (Wildman–Crippen LogP) is 3.11. The molecule has 25 heavy (non-hydrogen) atoms. The quantitative estimate of drug-likeness (QED) is 0.784. The molecule has 5 nitrogen and oxygen atoms in total. The number of rotatable bonds is 3. The van der Waals surface area contributed by atoms with Crippen molar-refractivity contribution in [2.75, 3.05) is 24.5 Å². The van der Waals surface area contributed by atoms with E-state index in [1.165, 1.54) is 0 Å². The van der Waals surface area contributed by atoms with Crippen LogP contribution in [0.5, 0.6) is 0 Å². The highest BCUT2D eigenvalue weighted by Gasteiger charge is 2.41. The Morgan fingerprint density at radius 2 is 1.92 bits per heavy atom. The number of likely N-dealkylation sites (tertiary alicyclic amines) is 1. The van der Waals surface area contributed by atoms with Crippen LogP contribution in [-0.4, -0.2) is 42.4 Å². The minimum Gasteiger partial charge on any atom is -0.338 e. The van der Waals surface area contributed by atoms with Crippen LogP contribution in [-0.2, 0) is 9.59 Å². The van der Waals surface area contributed by atoms with Gasteiger partial charge in [-0.05, 0) is 43.9 Å². The fraction of sp³-hybridized carbons (Fsp3) is 0.529. The van der Waals surface area contributed by atoms with Gasteiger partial charge in [-0.2, -0.15) is 0 Å². The van der Waals surface area contributed by atoms with Gasteiger partial charge in [-0.25, -0.2) is 0 Å². The van der Waals surface area contributed by atoms with E-state index in [1.807, 2.05) is 4.90 Å². The van der Waals surface area contributed by atoms with Crippen LogP contribution in [0.4, 0.5) is 5.69 Å². The number of nitrogens with two attached hydrogens (primary N) is 1. The maximum atomic E-state index is 12.9. The number of hydrogen-bond donors (Lipinski definition) is 1. The third-order valence-corrected chi connectivity index (χ3v) is 5.64. The van der Waals surface area contributed by atoms with Crippen LogP contribution in [0.15, 0.2) is 18.2 Å². The highest BCUT2D eigenvalue weighted by atomic mass is 35.5. The third-order valence-electron chi connectivity index (χ3n) is 4.90. The van der Waals surface area contributed by atoms with Gasteiger partial charge in [-0.3, -0.25) is 9.59 Å². The maximum absolute atomic E-state index is 12.9. The summed E-state index contributed by atoms with van der Waals surface area (Å²) in [7, 11) is 0. The number of benzene rings is 1. The Labute approximate surface area is 163 Å². The Morgan fingerprint density at radius 3 is 2.60 bits per heavy atom. The summed E-state index contributed by atoms with van der Waals surface area (Å²) in [5.74, 6) is -0.871. The van der Waals surface area contributed by atoms with Crippen molar-refractivity contribution in [3.05, 3.63) is 28.2 Å². The molecule has 3 rings (SSSR count). The Bertz CT molecular complexity index is 656. The molecule has 2 aliphatic rings. The van der Waals surface area contributed by atoms with Crippen molar-refractivity contribution in [1.82, 2.24) is 4.90 Å². The number of carbonyl (C=O) groups excluding carboxylic acids is 2. The van der Waals surface area contributed by atoms with Crippen LogP contribution in [0.3, 0.4) is 0 Å². The van der Waals surface area contributed by atoms with Crippen molar-refractivity contribution in [2.45, 2.75) is 31.7 Å². The summed E-state index contributed by atoms with van der Waals surface area (Å²) in [5.41, 5.74) is 6.48. The predicted molar refractivity (Wildman–Crippen MR) is 103 cm³/mol. The molecule has 0 bridgehead atoms. The lowest BCUT2D eigenvalue weighted by atomic mass is 9.98. The second-order valence-corrected chi connectivity index (χ2v) is 7.16. The Morgan fingerprint density at radius 1 is 1.16 bits per heavy atom. The summed E-state index contributed by atoms with van der Waals surface area (Å²) in [6.45, 7) is 1.65. The fourth-order valence-corrected chi connectivity index (χ4v) is 3.85. The van der Waals surface area contributed by atoms with Crippen LogP contribution < -0.4 is 10.6 Å². The first-order chi connectivity index (χ1) is 11.5. The average Bonchev–Trinajstić information content (AvgIpc) is 2.98. The van der Waals surface area contributed by atoms with Gasteiger partial charge in [0.25, 0.3) is 0 Å². The molecular formula is C17H22Cl3N3O2. The second-order valence-electron chi connectivity index (χ2n) is 6.35. The molecule has 2 unspecified atom stereocenters. The minimum atomic E-state index is -0.619. The van der Waals surface area contributed by atoms with Gasteiger partial charge in [0.2, 0.25) is 11.8 Å². The van der Waals surface area contributed by atoms with E-state index in [1.54, 1.807) is 23.1 Å². The first-order valence-corrected chi connectivity index (χ1v) is 9.05. The van der Waals surface area contributed by atoms with E-state index in [4.69, 9.17) is 28.9 Å². The molecule has 2 saturated heterocycles. The first kappa shape index (κ1) is 20.3. The second kappa shape index (κ2) is 8.58. The zero-order valence-corrected chi connectivity index (χ0v) is 16.1. The molecule has 0 aromatic heterocycles. The zero-order chi connectivity index (χ0) is 17.3. The van der Waals surface area contributed by atoms with Crippen LogP contribution >= 0.6 is 35.6 Å². The molecule has 8 heteroatoms. The zero-order valence-electron chi connectivity index (χ0n) is 13.8. The Kier molecular flexibility index (Phi) is 6.97. The average molecular weight is 407 g/mol. The normalized spacial score (nSPS) is 23.6. The highest BCUT2D eigenvalue weighted by Crippen LogP contribution is 2.32. The van der Waals surface area contributed by atoms with Crippen molar-refractivity contribution in [3.63, 3.8) is 0 Å². The molecule has 2 aliphatic heterocycles. The number of hydrogen-bond acceptors (Lipinski definition) is 3. The molecular weight excluding hydrogens is 385 g/mol. The van der Waals surface area contributed by atoms with Crippen LogP contribution in [0, 0.1) is 5.92 Å². The van der Waals surface area contributed by atoms with Gasteiger partial charge < -0.3 is 15.5 Å². The lowest BCUT2D eigenvalue weighted by Crippen LogP contribution is -2.50. The number of piperidine rings is 1. The summed E-state index contributed by atoms with van der Waals surface area (Å²) in [4.78, 5) is 29.0. The summed E-state index contributed by atoms with van der Waals surface area (Å²) in [6, 6.07) is 5.13. The summed E-state index contributed by atoms with van der Waals surface area (Å²) >= 11 is 12.0. The molecule has 2 fully saturated rings. The minimum absolute atomic E-state index is 0. The molecule has 2 atom stereocenters. The van der Waals surface area contributed by atoms with E-state index < -0.39 is 5.92 Å². The van der Waals surface area contributed by atoms with Gasteiger partial charge in [0.05, 0.1) is 10.0 Å². The topological polar surface area (TPSA) is 66.6 Å². The number of anilines is 1. The van der Waals surface area contributed by atoms with Crippen molar-refractivity contribution < 1.29 is 9.59 Å². The van der Waals surface area contributed by atoms with Gasteiger partial charge in [0, 0.05) is 31.4 Å². The van der Waals surface area contributed by atoms with Gasteiger partial charge in [-0.1, -0.05) is 23.2 Å². The molecule has 2 heterocycles. The summed E-state index contributed by atoms with van der Waals surface area (Å²) < 4.78 is 0. The van der Waals surface area contributed by atoms with E-state index in [0.717, 1.165) is 19.3 Å². The van der Waals surface area contributed by atoms with E-state index >= 15 is 0 Å². The molecule has 0 radical (unpaired) electrons. The molecule has 2 N–H and O–H groups in total. The van der Waals surface area contributed by atoms with Crippen molar-refractivity contribution >= 4 is 53.1 Å². The smallest absolute Gasteiger partial charge is 0.239 e. The van der Waals surface area contributed by atoms with Crippen molar-refractivity contribution in [3.8, 4) is 0 Å². The van der Waals surface area contributed by atoms with Crippen LogP contribution in [0.25, 0.3) is 0 Å². The van der Waals surface area contributed by atoms with Crippen molar-refractivity contribution in [1.29, 1.82) is 0 Å². The molecule has 2 amide bonds. The fourth-order valence-electron chi connectivity index (χ4n) is 3.55. The molecule has 1 aromatic carbocycles. The van der Waals surface area contributed by atoms with E-state index in [9.17, 15) is 9.59 Å². The lowest BCUT2D eigenvalue weighted by Gasteiger charge is -2.36. The summed E-state index contributed by atoms with van der Waals surface area (Å²) in [5, 5.41) is 0.842. The molecule has 0 saturated carbocycles. The van der Waals surface area contributed by atoms with Gasteiger partial charge in [-0.15, -0.1) is 12.4 Å². The monoisotopic (exact) mass is 405 g/mol. The number of amides is 2. The third kappa shape index (κ3) is 4.05. The van der Waals surface area contributed by atoms with Gasteiger partial charge in [0.1, 0.15) is 5.92 Å². The standard InChI is InChI=1S/C17H21Cl2N3O2.ClH/c18-14-5-4-11(9-15(14)19)22-8-6-13(17(22)24)16(23)21-7-2-1-3-12(21)10-20;/h4-5,9,12-13H,1-3,6-8,10,20H2;1H. The maximum Gasteiger partial charge on any atom is 0.239 e. The SMILES string of the molecule is Cl.NCC1CCCCN1C(=O)C1CCN(c2ccc(Cl)c(Cl)c2)C1=O. The van der Waals surface area contributed by atoms with Crippen molar-refractivity contribution in [2.24, 2.45) is 11.7 Å². The molecule has 0 spiro atoms. The highest BCUT2D eigenvalue weighted by molar-refractivity contribution is 6.42. The number of nitrogens with zero attached hydrogens (tertiary/aromatic N) is 2. The number of carbonyl (C=O) groups is 2. The van der Waals surface area contributed by atoms with E-state index in [2.05, 4.69) is 0 Å². The van der Waals surface area contributed by atoms with E-state index in [0.29, 0.717) is 41.8 Å². The van der Waals surface area contributed by atoms with Crippen LogP contribution in [0.1, 0.15) is 25.7 Å². The summed E-state index contributed by atoms with van der Waals surface area (Å²) in [6.07, 6.45) is 3.49. The Balaban J connectivity index is 0.00000225. The molecule has 138 valence electrons.